The molecule has 0 aromatic heterocycles. The van der Waals surface area contributed by atoms with E-state index in [9.17, 15) is 0 Å². The van der Waals surface area contributed by atoms with Crippen LogP contribution in [0.15, 0.2) is 16.9 Å². The second-order valence-electron chi connectivity index (χ2n) is 4.95. The average molecular weight is 197 g/mol. The van der Waals surface area contributed by atoms with E-state index in [2.05, 4.69) is 31.1 Å². The van der Waals surface area contributed by atoms with Crippen LogP contribution in [0.1, 0.15) is 27.2 Å². The third kappa shape index (κ3) is 2.92. The molecule has 0 fully saturated rings. The van der Waals surface area contributed by atoms with Crippen LogP contribution in [-0.4, -0.2) is 11.6 Å². The van der Waals surface area contributed by atoms with Gasteiger partial charge in [-0.05, 0) is 17.9 Å². The maximum atomic E-state index is 6.06. The number of hydrogen-bond acceptors (Lipinski definition) is 5. The topological polar surface area (TPSA) is 102 Å². The molecule has 1 aliphatic rings. The molecule has 5 heteroatoms. The summed E-state index contributed by atoms with van der Waals surface area (Å²) in [4.78, 5) is 4.15. The lowest BCUT2D eigenvalue weighted by atomic mass is 9.84. The van der Waals surface area contributed by atoms with Crippen LogP contribution in [-0.2, 0) is 0 Å². The Morgan fingerprint density at radius 3 is 2.43 bits per heavy atom. The Hall–Kier alpha value is -1.23. The van der Waals surface area contributed by atoms with Crippen LogP contribution in [0.25, 0.3) is 0 Å². The van der Waals surface area contributed by atoms with Gasteiger partial charge in [0.1, 0.15) is 11.5 Å². The Morgan fingerprint density at radius 2 is 2.00 bits per heavy atom. The van der Waals surface area contributed by atoms with Gasteiger partial charge in [-0.1, -0.05) is 20.8 Å². The van der Waals surface area contributed by atoms with E-state index >= 15 is 0 Å². The summed E-state index contributed by atoms with van der Waals surface area (Å²) in [5, 5.41) is 2.71. The van der Waals surface area contributed by atoms with Gasteiger partial charge in [0.2, 0.25) is 0 Å². The quantitative estimate of drug-likeness (QED) is 0.467. The van der Waals surface area contributed by atoms with Crippen LogP contribution in [0, 0.1) is 5.41 Å². The van der Waals surface area contributed by atoms with E-state index in [-0.39, 0.29) is 11.4 Å². The molecule has 1 rings (SSSR count). The predicted molar refractivity (Wildman–Crippen MR) is 58.0 cm³/mol. The monoisotopic (exact) mass is 197 g/mol. The first kappa shape index (κ1) is 10.8. The number of nitrogens with zero attached hydrogens (tertiary/aromatic N) is 1. The van der Waals surface area contributed by atoms with Crippen molar-refractivity contribution >= 4 is 5.96 Å². The number of nitrogens with two attached hydrogens (primary N) is 3. The summed E-state index contributed by atoms with van der Waals surface area (Å²) in [6, 6.07) is 0. The van der Waals surface area contributed by atoms with E-state index in [0.29, 0.717) is 12.2 Å². The molecule has 80 valence electrons. The molecule has 1 heterocycles. The maximum Gasteiger partial charge on any atom is 0.196 e. The van der Waals surface area contributed by atoms with Crippen molar-refractivity contribution in [2.45, 2.75) is 32.9 Å². The molecule has 1 unspecified atom stereocenters. The molecule has 0 saturated carbocycles. The molecule has 0 amide bonds. The second-order valence-corrected chi connectivity index (χ2v) is 4.95. The van der Waals surface area contributed by atoms with Crippen molar-refractivity contribution in [3.63, 3.8) is 0 Å². The summed E-state index contributed by atoms with van der Waals surface area (Å²) in [5.41, 5.74) is 16.5. The lowest BCUT2D eigenvalue weighted by molar-refractivity contribution is 0.296. The highest BCUT2D eigenvalue weighted by Gasteiger charge is 2.31. The first-order valence-electron chi connectivity index (χ1n) is 4.60. The van der Waals surface area contributed by atoms with Gasteiger partial charge in [0.05, 0.1) is 0 Å². The van der Waals surface area contributed by atoms with E-state index < -0.39 is 5.66 Å². The number of aliphatic imine (C=N–C) groups is 1. The summed E-state index contributed by atoms with van der Waals surface area (Å²) in [6.45, 7) is 6.29. The maximum absolute atomic E-state index is 6.06. The molecule has 7 N–H and O–H groups in total. The van der Waals surface area contributed by atoms with Gasteiger partial charge in [0, 0.05) is 0 Å². The standard InChI is InChI=1S/C9H19N5/c1-8(2,3)5-9(12)4-6(10)13-7(11)14-9/h4H,5,10,12H2,1-3H3,(H3,11,13,14). The highest BCUT2D eigenvalue weighted by atomic mass is 15.2. The minimum Gasteiger partial charge on any atom is -0.385 e. The van der Waals surface area contributed by atoms with Gasteiger partial charge < -0.3 is 22.5 Å². The molecule has 1 atom stereocenters. The summed E-state index contributed by atoms with van der Waals surface area (Å²) >= 11 is 0. The summed E-state index contributed by atoms with van der Waals surface area (Å²) < 4.78 is 0. The summed E-state index contributed by atoms with van der Waals surface area (Å²) in [6.07, 6.45) is 2.40. The van der Waals surface area contributed by atoms with Crippen molar-refractivity contribution in [2.24, 2.45) is 27.6 Å². The number of hydrogen-bond donors (Lipinski definition) is 4. The van der Waals surface area contributed by atoms with Crippen LogP contribution in [0.2, 0.25) is 0 Å². The van der Waals surface area contributed by atoms with Crippen molar-refractivity contribution in [3.8, 4) is 0 Å². The van der Waals surface area contributed by atoms with Gasteiger partial charge in [-0.3, -0.25) is 0 Å². The molecular formula is C9H19N5. The largest absolute Gasteiger partial charge is 0.385 e. The van der Waals surface area contributed by atoms with Crippen molar-refractivity contribution in [1.82, 2.24) is 5.32 Å². The summed E-state index contributed by atoms with van der Waals surface area (Å²) in [7, 11) is 0. The number of guanidine groups is 1. The Kier molecular flexibility index (Phi) is 2.45. The fourth-order valence-electron chi connectivity index (χ4n) is 1.68. The van der Waals surface area contributed by atoms with Crippen molar-refractivity contribution in [2.75, 3.05) is 0 Å². The van der Waals surface area contributed by atoms with E-state index in [1.54, 1.807) is 6.08 Å². The Balaban J connectivity index is 2.88. The zero-order valence-electron chi connectivity index (χ0n) is 8.96. The fourth-order valence-corrected chi connectivity index (χ4v) is 1.68. The molecule has 0 radical (unpaired) electrons. The second kappa shape index (κ2) is 3.16. The minimum atomic E-state index is -0.780. The molecule has 0 aromatic carbocycles. The van der Waals surface area contributed by atoms with Crippen molar-refractivity contribution in [1.29, 1.82) is 0 Å². The van der Waals surface area contributed by atoms with E-state index in [4.69, 9.17) is 17.2 Å². The Bertz CT molecular complexity index is 266. The summed E-state index contributed by atoms with van der Waals surface area (Å²) in [5.74, 6) is 0.737. The molecule has 5 nitrogen and oxygen atoms in total. The molecule has 0 bridgehead atoms. The third-order valence-corrected chi connectivity index (χ3v) is 1.82. The third-order valence-electron chi connectivity index (χ3n) is 1.82. The van der Waals surface area contributed by atoms with Gasteiger partial charge in [0.25, 0.3) is 0 Å². The van der Waals surface area contributed by atoms with E-state index in [1.807, 2.05) is 0 Å². The highest BCUT2D eigenvalue weighted by molar-refractivity contribution is 5.81. The van der Waals surface area contributed by atoms with Crippen molar-refractivity contribution < 1.29 is 0 Å². The number of nitrogens with one attached hydrogen (secondary N) is 1. The van der Waals surface area contributed by atoms with Crippen LogP contribution in [0.4, 0.5) is 0 Å². The molecule has 14 heavy (non-hydrogen) atoms. The van der Waals surface area contributed by atoms with Crippen LogP contribution in [0.3, 0.4) is 0 Å². The predicted octanol–water partition coefficient (Wildman–Crippen LogP) is -0.204. The SMILES string of the molecule is CC(C)(C)CC1(N)C=C(N)NC(N)=N1. The van der Waals surface area contributed by atoms with Crippen LogP contribution in [0.5, 0.6) is 0 Å². The highest BCUT2D eigenvalue weighted by Crippen LogP contribution is 2.28. The van der Waals surface area contributed by atoms with Gasteiger partial charge in [-0.15, -0.1) is 0 Å². The van der Waals surface area contributed by atoms with Gasteiger partial charge in [-0.2, -0.15) is 0 Å². The Labute approximate surface area is 84.4 Å². The van der Waals surface area contributed by atoms with Crippen molar-refractivity contribution in [3.05, 3.63) is 11.9 Å². The fraction of sp³-hybridized carbons (Fsp3) is 0.667. The van der Waals surface area contributed by atoms with E-state index in [0.717, 1.165) is 0 Å². The molecule has 0 aliphatic carbocycles. The van der Waals surface area contributed by atoms with Gasteiger partial charge >= 0.3 is 0 Å². The van der Waals surface area contributed by atoms with E-state index in [1.165, 1.54) is 0 Å². The minimum absolute atomic E-state index is 0.0760. The zero-order valence-corrected chi connectivity index (χ0v) is 8.96. The number of rotatable bonds is 1. The molecular weight excluding hydrogens is 178 g/mol. The van der Waals surface area contributed by atoms with Gasteiger partial charge in [-0.25, -0.2) is 4.99 Å². The average Bonchev–Trinajstić information content (AvgIpc) is 1.74. The van der Waals surface area contributed by atoms with Crippen LogP contribution < -0.4 is 22.5 Å². The molecule has 0 saturated heterocycles. The molecule has 1 aliphatic heterocycles. The lowest BCUT2D eigenvalue weighted by Crippen LogP contribution is -2.49. The van der Waals surface area contributed by atoms with Gasteiger partial charge in [0.15, 0.2) is 5.96 Å². The molecule has 0 aromatic rings. The lowest BCUT2D eigenvalue weighted by Gasteiger charge is -2.32. The molecule has 0 spiro atoms. The smallest absolute Gasteiger partial charge is 0.196 e. The Morgan fingerprint density at radius 1 is 1.43 bits per heavy atom. The first-order chi connectivity index (χ1) is 6.20. The normalized spacial score (nSPS) is 27.7. The zero-order chi connectivity index (χ0) is 11.0. The first-order valence-corrected chi connectivity index (χ1v) is 4.60. The van der Waals surface area contributed by atoms with Crippen LogP contribution >= 0.6 is 0 Å².